The van der Waals surface area contributed by atoms with Gasteiger partial charge in [0.05, 0.1) is 24.2 Å². The van der Waals surface area contributed by atoms with Gasteiger partial charge < -0.3 is 14.9 Å². The molecule has 7 heteroatoms. The van der Waals surface area contributed by atoms with Crippen molar-refractivity contribution in [3.63, 3.8) is 0 Å². The lowest BCUT2D eigenvalue weighted by atomic mass is 10.3. The van der Waals surface area contributed by atoms with Crippen molar-refractivity contribution in [3.8, 4) is 0 Å². The van der Waals surface area contributed by atoms with E-state index < -0.39 is 5.97 Å². The Hall–Kier alpha value is -1.63. The minimum atomic E-state index is -0.874. The Bertz CT molecular complexity index is 445. The molecule has 1 aliphatic carbocycles. The van der Waals surface area contributed by atoms with Crippen LogP contribution in [0.4, 0.5) is 4.79 Å². The van der Waals surface area contributed by atoms with Crippen LogP contribution in [0, 0.1) is 0 Å². The second-order valence-corrected chi connectivity index (χ2v) is 5.41. The van der Waals surface area contributed by atoms with Crippen LogP contribution in [0.5, 0.6) is 0 Å². The number of urea groups is 1. The number of carboxylic acid groups (broad SMARTS) is 1. The van der Waals surface area contributed by atoms with Crippen molar-refractivity contribution in [1.82, 2.24) is 14.8 Å². The van der Waals surface area contributed by atoms with Crippen LogP contribution in [0.3, 0.4) is 0 Å². The molecular weight excluding hydrogens is 266 g/mol. The lowest BCUT2D eigenvalue weighted by Crippen LogP contribution is -2.43. The Morgan fingerprint density at radius 1 is 1.53 bits per heavy atom. The number of rotatable bonds is 6. The first-order valence-electron chi connectivity index (χ1n) is 6.18. The van der Waals surface area contributed by atoms with Crippen LogP contribution in [-0.2, 0) is 11.3 Å². The number of nitrogens with zero attached hydrogens (tertiary/aromatic N) is 3. The average Bonchev–Trinajstić information content (AvgIpc) is 3.06. The molecule has 1 fully saturated rings. The minimum Gasteiger partial charge on any atom is -0.481 e. The second-order valence-electron chi connectivity index (χ2n) is 4.69. The summed E-state index contributed by atoms with van der Waals surface area (Å²) in [5.74, 6) is -0.874. The van der Waals surface area contributed by atoms with E-state index in [-0.39, 0.29) is 25.0 Å². The first-order chi connectivity index (χ1) is 9.08. The zero-order valence-electron chi connectivity index (χ0n) is 10.8. The van der Waals surface area contributed by atoms with Gasteiger partial charge in [0.15, 0.2) is 0 Å². The molecule has 0 spiro atoms. The third-order valence-electron chi connectivity index (χ3n) is 3.01. The van der Waals surface area contributed by atoms with E-state index in [2.05, 4.69) is 4.98 Å². The van der Waals surface area contributed by atoms with Gasteiger partial charge >= 0.3 is 12.0 Å². The van der Waals surface area contributed by atoms with Crippen LogP contribution in [0.15, 0.2) is 10.9 Å². The van der Waals surface area contributed by atoms with Gasteiger partial charge in [-0.15, -0.1) is 11.3 Å². The summed E-state index contributed by atoms with van der Waals surface area (Å²) in [6.45, 7) is 0.735. The minimum absolute atomic E-state index is 0.00716. The first-order valence-corrected chi connectivity index (χ1v) is 7.13. The van der Waals surface area contributed by atoms with E-state index >= 15 is 0 Å². The number of amides is 2. The Morgan fingerprint density at radius 3 is 2.79 bits per heavy atom. The van der Waals surface area contributed by atoms with Gasteiger partial charge in [-0.3, -0.25) is 4.79 Å². The SMILES string of the molecule is CN(Cc1cscn1)C(=O)N(CCC(=O)O)C1CC1. The summed E-state index contributed by atoms with van der Waals surface area (Å²) in [7, 11) is 1.72. The van der Waals surface area contributed by atoms with E-state index in [1.165, 1.54) is 11.3 Å². The predicted molar refractivity (Wildman–Crippen MR) is 71.0 cm³/mol. The lowest BCUT2D eigenvalue weighted by molar-refractivity contribution is -0.137. The van der Waals surface area contributed by atoms with Crippen LogP contribution in [0.1, 0.15) is 25.0 Å². The standard InChI is InChI=1S/C12H17N3O3S/c1-14(6-9-7-19-8-13-9)12(18)15(10-2-3-10)5-4-11(16)17/h7-8,10H,2-6H2,1H3,(H,16,17). The normalized spacial score (nSPS) is 14.2. The zero-order valence-corrected chi connectivity index (χ0v) is 11.6. The smallest absolute Gasteiger partial charge is 0.320 e. The van der Waals surface area contributed by atoms with Gasteiger partial charge in [0.25, 0.3) is 0 Å². The first kappa shape index (κ1) is 13.8. The predicted octanol–water partition coefficient (Wildman–Crippen LogP) is 1.63. The van der Waals surface area contributed by atoms with E-state index in [4.69, 9.17) is 5.11 Å². The van der Waals surface area contributed by atoms with Gasteiger partial charge in [-0.25, -0.2) is 9.78 Å². The highest BCUT2D eigenvalue weighted by Gasteiger charge is 2.34. The highest BCUT2D eigenvalue weighted by Crippen LogP contribution is 2.28. The van der Waals surface area contributed by atoms with E-state index in [0.717, 1.165) is 18.5 Å². The number of carbonyl (C=O) groups excluding carboxylic acids is 1. The van der Waals surface area contributed by atoms with Crippen molar-refractivity contribution in [2.45, 2.75) is 31.8 Å². The van der Waals surface area contributed by atoms with Crippen LogP contribution < -0.4 is 0 Å². The van der Waals surface area contributed by atoms with Crippen LogP contribution in [0.25, 0.3) is 0 Å². The number of hydrogen-bond donors (Lipinski definition) is 1. The molecule has 1 aliphatic rings. The molecule has 0 radical (unpaired) electrons. The highest BCUT2D eigenvalue weighted by atomic mass is 32.1. The Labute approximate surface area is 115 Å². The van der Waals surface area contributed by atoms with Gasteiger partial charge in [0.1, 0.15) is 0 Å². The molecule has 1 N–H and O–H groups in total. The van der Waals surface area contributed by atoms with Gasteiger partial charge in [-0.2, -0.15) is 0 Å². The lowest BCUT2D eigenvalue weighted by Gasteiger charge is -2.27. The van der Waals surface area contributed by atoms with E-state index in [1.54, 1.807) is 22.4 Å². The average molecular weight is 283 g/mol. The van der Waals surface area contributed by atoms with Crippen molar-refractivity contribution >= 4 is 23.3 Å². The Balaban J connectivity index is 1.92. The molecule has 104 valence electrons. The molecule has 6 nitrogen and oxygen atoms in total. The molecule has 0 unspecified atom stereocenters. The second kappa shape index (κ2) is 6.01. The maximum absolute atomic E-state index is 12.3. The monoisotopic (exact) mass is 283 g/mol. The fourth-order valence-corrected chi connectivity index (χ4v) is 2.43. The fourth-order valence-electron chi connectivity index (χ4n) is 1.88. The number of hydrogen-bond acceptors (Lipinski definition) is 4. The molecule has 0 saturated heterocycles. The van der Waals surface area contributed by atoms with Crippen LogP contribution in [0.2, 0.25) is 0 Å². The van der Waals surface area contributed by atoms with Gasteiger partial charge in [-0.1, -0.05) is 0 Å². The molecule has 0 atom stereocenters. The van der Waals surface area contributed by atoms with Crippen molar-refractivity contribution in [3.05, 3.63) is 16.6 Å². The summed E-state index contributed by atoms with van der Waals surface area (Å²) >= 11 is 1.49. The summed E-state index contributed by atoms with van der Waals surface area (Å²) in [5.41, 5.74) is 2.59. The molecular formula is C12H17N3O3S. The third-order valence-corrected chi connectivity index (χ3v) is 3.64. The maximum atomic E-state index is 12.3. The van der Waals surface area contributed by atoms with Crippen molar-refractivity contribution in [2.75, 3.05) is 13.6 Å². The summed E-state index contributed by atoms with van der Waals surface area (Å²) in [6.07, 6.45) is 1.93. The number of aliphatic carboxylic acids is 1. The van der Waals surface area contributed by atoms with Crippen LogP contribution >= 0.6 is 11.3 Å². The highest BCUT2D eigenvalue weighted by molar-refractivity contribution is 7.07. The van der Waals surface area contributed by atoms with E-state index in [0.29, 0.717) is 6.54 Å². The summed E-state index contributed by atoms with van der Waals surface area (Å²) in [5, 5.41) is 10.6. The number of aromatic nitrogens is 1. The zero-order chi connectivity index (χ0) is 13.8. The van der Waals surface area contributed by atoms with Crippen LogP contribution in [-0.4, -0.2) is 51.5 Å². The molecule has 0 aliphatic heterocycles. The third kappa shape index (κ3) is 3.92. The molecule has 1 saturated carbocycles. The Kier molecular flexibility index (Phi) is 4.36. The number of thiazole rings is 1. The molecule has 1 aromatic heterocycles. The molecule has 0 bridgehead atoms. The van der Waals surface area contributed by atoms with E-state index in [1.807, 2.05) is 5.38 Å². The van der Waals surface area contributed by atoms with Gasteiger partial charge in [0, 0.05) is 25.0 Å². The summed E-state index contributed by atoms with van der Waals surface area (Å²) in [4.78, 5) is 30.3. The quantitative estimate of drug-likeness (QED) is 0.861. The molecule has 1 aromatic rings. The molecule has 2 rings (SSSR count). The summed E-state index contributed by atoms with van der Waals surface area (Å²) in [6, 6.07) is 0.0986. The van der Waals surface area contributed by atoms with Crippen molar-refractivity contribution in [1.29, 1.82) is 0 Å². The fraction of sp³-hybridized carbons (Fsp3) is 0.583. The number of carbonyl (C=O) groups is 2. The molecule has 19 heavy (non-hydrogen) atoms. The van der Waals surface area contributed by atoms with Crippen molar-refractivity contribution in [2.24, 2.45) is 0 Å². The Morgan fingerprint density at radius 2 is 2.26 bits per heavy atom. The van der Waals surface area contributed by atoms with Gasteiger partial charge in [-0.05, 0) is 12.8 Å². The maximum Gasteiger partial charge on any atom is 0.320 e. The molecule has 0 aromatic carbocycles. The van der Waals surface area contributed by atoms with E-state index in [9.17, 15) is 9.59 Å². The summed E-state index contributed by atoms with van der Waals surface area (Å²) < 4.78 is 0. The van der Waals surface area contributed by atoms with Gasteiger partial charge in [0.2, 0.25) is 0 Å². The van der Waals surface area contributed by atoms with Crippen molar-refractivity contribution < 1.29 is 14.7 Å². The topological polar surface area (TPSA) is 73.7 Å². The largest absolute Gasteiger partial charge is 0.481 e. The molecule has 1 heterocycles. The molecule has 2 amide bonds. The number of carboxylic acids is 1.